The molecule has 5 aromatic rings. The van der Waals surface area contributed by atoms with Gasteiger partial charge in [-0.1, -0.05) is 53.5 Å². The Labute approximate surface area is 244 Å². The smallest absolute Gasteiger partial charge is 0.416 e. The zero-order valence-electron chi connectivity index (χ0n) is 20.3. The molecule has 40 heavy (non-hydrogen) atoms. The first-order valence-corrected chi connectivity index (χ1v) is 13.2. The quantitative estimate of drug-likeness (QED) is 0.174. The van der Waals surface area contributed by atoms with Crippen LogP contribution in [0.3, 0.4) is 0 Å². The van der Waals surface area contributed by atoms with Crippen LogP contribution in [-0.2, 0) is 12.8 Å². The van der Waals surface area contributed by atoms with E-state index in [2.05, 4.69) is 26.0 Å². The number of aromatic nitrogens is 2. The number of hydrogen-bond donors (Lipinski definition) is 0. The molecule has 0 saturated heterocycles. The fourth-order valence-corrected chi connectivity index (χ4v) is 4.71. The van der Waals surface area contributed by atoms with E-state index in [4.69, 9.17) is 27.9 Å². The van der Waals surface area contributed by atoms with E-state index in [0.717, 1.165) is 22.4 Å². The molecule has 5 nitrogen and oxygen atoms in total. The predicted octanol–water partition coefficient (Wildman–Crippen LogP) is 8.61. The molecule has 1 aromatic heterocycles. The summed E-state index contributed by atoms with van der Waals surface area (Å²) < 4.78 is 47.7. The monoisotopic (exact) mass is 645 g/mol. The van der Waals surface area contributed by atoms with Crippen LogP contribution in [0.15, 0.2) is 99.3 Å². The van der Waals surface area contributed by atoms with Crippen molar-refractivity contribution < 1.29 is 17.9 Å². The third-order valence-electron chi connectivity index (χ3n) is 5.86. The van der Waals surface area contributed by atoms with Crippen LogP contribution in [0.4, 0.5) is 13.2 Å². The lowest BCUT2D eigenvalue weighted by atomic mass is 10.1. The number of ether oxygens (including phenoxy) is 1. The molecule has 0 unspecified atom stereocenters. The van der Waals surface area contributed by atoms with Crippen LogP contribution in [0.1, 0.15) is 16.7 Å². The standard InChI is InChI=1S/C29H17BrCl2F3N3O2/c30-22-12-17(9-11-26(22)40-16-18-8-10-23(31)24(32)13-18)15-36-38-27(19-4-3-5-20(14-19)29(33,34)35)37-25-7-2-1-6-21(25)28(38)39/h1-15H,16H2. The van der Waals surface area contributed by atoms with Gasteiger partial charge in [-0.25, -0.2) is 4.98 Å². The minimum atomic E-state index is -4.56. The fourth-order valence-electron chi connectivity index (χ4n) is 3.88. The maximum absolute atomic E-state index is 13.4. The van der Waals surface area contributed by atoms with Crippen LogP contribution in [0, 0.1) is 0 Å². The van der Waals surface area contributed by atoms with Crippen molar-refractivity contribution in [3.8, 4) is 17.1 Å². The van der Waals surface area contributed by atoms with Crippen LogP contribution in [-0.4, -0.2) is 15.9 Å². The Bertz CT molecular complexity index is 1820. The van der Waals surface area contributed by atoms with E-state index >= 15 is 0 Å². The summed E-state index contributed by atoms with van der Waals surface area (Å²) in [6, 6.07) is 21.6. The van der Waals surface area contributed by atoms with Crippen molar-refractivity contribution in [3.63, 3.8) is 0 Å². The van der Waals surface area contributed by atoms with Gasteiger partial charge in [0.05, 0.1) is 37.2 Å². The molecular weight excluding hydrogens is 630 g/mol. The zero-order chi connectivity index (χ0) is 28.4. The van der Waals surface area contributed by atoms with Gasteiger partial charge in [-0.15, -0.1) is 0 Å². The maximum Gasteiger partial charge on any atom is 0.416 e. The van der Waals surface area contributed by atoms with Crippen molar-refractivity contribution in [2.45, 2.75) is 12.8 Å². The normalized spacial score (nSPS) is 11.8. The summed E-state index contributed by atoms with van der Waals surface area (Å²) in [4.78, 5) is 17.8. The average Bonchev–Trinajstić information content (AvgIpc) is 2.93. The summed E-state index contributed by atoms with van der Waals surface area (Å²) >= 11 is 15.5. The minimum Gasteiger partial charge on any atom is -0.488 e. The number of halogens is 6. The first-order valence-electron chi connectivity index (χ1n) is 11.7. The Balaban J connectivity index is 1.48. The number of para-hydroxylation sites is 1. The molecule has 0 radical (unpaired) electrons. The first-order chi connectivity index (χ1) is 19.1. The number of rotatable bonds is 6. The molecule has 11 heteroatoms. The van der Waals surface area contributed by atoms with Gasteiger partial charge in [-0.3, -0.25) is 4.79 Å². The fraction of sp³-hybridized carbons (Fsp3) is 0.0690. The molecule has 0 aliphatic heterocycles. The molecule has 0 aliphatic rings. The molecule has 1 heterocycles. The number of nitrogens with zero attached hydrogens (tertiary/aromatic N) is 3. The summed E-state index contributed by atoms with van der Waals surface area (Å²) in [7, 11) is 0. The Hall–Kier alpha value is -3.66. The van der Waals surface area contributed by atoms with Gasteiger partial charge in [0.2, 0.25) is 0 Å². The van der Waals surface area contributed by atoms with Crippen LogP contribution in [0.25, 0.3) is 22.3 Å². The highest BCUT2D eigenvalue weighted by atomic mass is 79.9. The van der Waals surface area contributed by atoms with E-state index in [1.165, 1.54) is 18.3 Å². The lowest BCUT2D eigenvalue weighted by Gasteiger charge is -2.12. The highest BCUT2D eigenvalue weighted by molar-refractivity contribution is 9.10. The van der Waals surface area contributed by atoms with Crippen molar-refractivity contribution in [1.82, 2.24) is 9.66 Å². The summed E-state index contributed by atoms with van der Waals surface area (Å²) in [5.41, 5.74) is 0.499. The van der Waals surface area contributed by atoms with Gasteiger partial charge in [0.15, 0.2) is 5.82 Å². The van der Waals surface area contributed by atoms with Crippen molar-refractivity contribution in [3.05, 3.63) is 126 Å². The van der Waals surface area contributed by atoms with Gasteiger partial charge in [0.1, 0.15) is 12.4 Å². The number of benzene rings is 4. The van der Waals surface area contributed by atoms with E-state index in [9.17, 15) is 18.0 Å². The maximum atomic E-state index is 13.4. The summed E-state index contributed by atoms with van der Waals surface area (Å²) in [6.07, 6.45) is -3.14. The van der Waals surface area contributed by atoms with Gasteiger partial charge in [0.25, 0.3) is 5.56 Å². The highest BCUT2D eigenvalue weighted by Crippen LogP contribution is 2.32. The molecule has 5 rings (SSSR count). The third kappa shape index (κ3) is 6.06. The second kappa shape index (κ2) is 11.4. The molecule has 0 atom stereocenters. The summed E-state index contributed by atoms with van der Waals surface area (Å²) in [5, 5.41) is 5.48. The van der Waals surface area contributed by atoms with E-state index in [1.807, 2.05) is 0 Å². The molecule has 0 aliphatic carbocycles. The molecule has 0 N–H and O–H groups in total. The van der Waals surface area contributed by atoms with Crippen molar-refractivity contribution >= 4 is 56.2 Å². The first kappa shape index (κ1) is 27.9. The second-order valence-electron chi connectivity index (χ2n) is 8.62. The second-order valence-corrected chi connectivity index (χ2v) is 10.3. The molecule has 4 aromatic carbocycles. The van der Waals surface area contributed by atoms with Gasteiger partial charge >= 0.3 is 6.18 Å². The molecule has 0 amide bonds. The number of hydrogen-bond acceptors (Lipinski definition) is 4. The Morgan fingerprint density at radius 2 is 1.75 bits per heavy atom. The van der Waals surface area contributed by atoms with Gasteiger partial charge in [-0.05, 0) is 81.7 Å². The lowest BCUT2D eigenvalue weighted by Crippen LogP contribution is -2.20. The minimum absolute atomic E-state index is 0.0216. The predicted molar refractivity (Wildman–Crippen MR) is 154 cm³/mol. The van der Waals surface area contributed by atoms with Crippen LogP contribution < -0.4 is 10.3 Å². The van der Waals surface area contributed by atoms with Gasteiger partial charge < -0.3 is 4.74 Å². The largest absolute Gasteiger partial charge is 0.488 e. The van der Waals surface area contributed by atoms with Crippen molar-refractivity contribution in [1.29, 1.82) is 0 Å². The topological polar surface area (TPSA) is 56.5 Å². The Morgan fingerprint density at radius 1 is 0.950 bits per heavy atom. The van der Waals surface area contributed by atoms with Crippen molar-refractivity contribution in [2.75, 3.05) is 0 Å². The Kier molecular flexibility index (Phi) is 7.98. The summed E-state index contributed by atoms with van der Waals surface area (Å²) in [6.45, 7) is 0.251. The van der Waals surface area contributed by atoms with E-state index < -0.39 is 17.3 Å². The van der Waals surface area contributed by atoms with Crippen molar-refractivity contribution in [2.24, 2.45) is 5.10 Å². The van der Waals surface area contributed by atoms with Gasteiger partial charge in [0, 0.05) is 5.56 Å². The zero-order valence-corrected chi connectivity index (χ0v) is 23.4. The molecule has 0 saturated carbocycles. The third-order valence-corrected chi connectivity index (χ3v) is 7.22. The lowest BCUT2D eigenvalue weighted by molar-refractivity contribution is -0.137. The van der Waals surface area contributed by atoms with Gasteiger partial charge in [-0.2, -0.15) is 22.9 Å². The Morgan fingerprint density at radius 3 is 2.50 bits per heavy atom. The van der Waals surface area contributed by atoms with E-state index in [0.29, 0.717) is 31.3 Å². The molecule has 202 valence electrons. The average molecular weight is 647 g/mol. The molecule has 0 spiro atoms. The van der Waals surface area contributed by atoms with E-state index in [-0.39, 0.29) is 23.4 Å². The highest BCUT2D eigenvalue weighted by Gasteiger charge is 2.31. The summed E-state index contributed by atoms with van der Waals surface area (Å²) in [5.74, 6) is 0.532. The van der Waals surface area contributed by atoms with Crippen LogP contribution in [0.2, 0.25) is 10.0 Å². The van der Waals surface area contributed by atoms with Crippen LogP contribution >= 0.6 is 39.1 Å². The number of alkyl halides is 3. The molecule has 0 fully saturated rings. The number of fused-ring (bicyclic) bond motifs is 1. The SMILES string of the molecule is O=c1c2ccccc2nc(-c2cccc(C(F)(F)F)c2)n1N=Cc1ccc(OCc2ccc(Cl)c(Cl)c2)c(Br)c1. The molecular formula is C29H17BrCl2F3N3O2. The van der Waals surface area contributed by atoms with Crippen LogP contribution in [0.5, 0.6) is 5.75 Å². The van der Waals surface area contributed by atoms with E-state index in [1.54, 1.807) is 60.7 Å². The molecule has 0 bridgehead atoms.